The van der Waals surface area contributed by atoms with Gasteiger partial charge in [-0.3, -0.25) is 0 Å². The molecule has 0 aliphatic heterocycles. The smallest absolute Gasteiger partial charge is 0.0220 e. The van der Waals surface area contributed by atoms with Gasteiger partial charge >= 0.3 is 0 Å². The molecule has 0 bridgehead atoms. The van der Waals surface area contributed by atoms with Crippen molar-refractivity contribution in [1.29, 1.82) is 0 Å². The average Bonchev–Trinajstić information content (AvgIpc) is 2.88. The van der Waals surface area contributed by atoms with Crippen molar-refractivity contribution in [3.05, 3.63) is 24.0 Å². The van der Waals surface area contributed by atoms with E-state index in [4.69, 9.17) is 0 Å². The monoisotopic (exact) mass is 206 g/mol. The molecule has 0 unspecified atom stereocenters. The molecule has 0 amide bonds. The lowest BCUT2D eigenvalue weighted by Gasteiger charge is -2.09. The Kier molecular flexibility index (Phi) is 3.84. The van der Waals surface area contributed by atoms with Gasteiger partial charge in [-0.1, -0.05) is 12.8 Å². The topological polar surface area (TPSA) is 17.0 Å². The van der Waals surface area contributed by atoms with Gasteiger partial charge in [0.25, 0.3) is 0 Å². The van der Waals surface area contributed by atoms with Crippen LogP contribution < -0.4 is 5.32 Å². The number of nitrogens with one attached hydrogen (secondary N) is 1. The summed E-state index contributed by atoms with van der Waals surface area (Å²) in [6.07, 6.45) is 10.2. The van der Waals surface area contributed by atoms with Crippen molar-refractivity contribution in [2.24, 2.45) is 5.92 Å². The maximum Gasteiger partial charge on any atom is 0.0220 e. The Hall–Kier alpha value is -0.760. The molecule has 15 heavy (non-hydrogen) atoms. The van der Waals surface area contributed by atoms with Crippen LogP contribution in [0.2, 0.25) is 0 Å². The van der Waals surface area contributed by atoms with Gasteiger partial charge in [-0.25, -0.2) is 0 Å². The van der Waals surface area contributed by atoms with Gasteiger partial charge in [-0.15, -0.1) is 0 Å². The van der Waals surface area contributed by atoms with Gasteiger partial charge in [-0.2, -0.15) is 0 Å². The van der Waals surface area contributed by atoms with Crippen LogP contribution in [0.25, 0.3) is 0 Å². The van der Waals surface area contributed by atoms with Crippen LogP contribution in [0.1, 0.15) is 38.2 Å². The molecular weight excluding hydrogens is 184 g/mol. The summed E-state index contributed by atoms with van der Waals surface area (Å²) in [5, 5.41) is 3.57. The fraction of sp³-hybridized carbons (Fsp3) is 0.692. The molecule has 0 atom stereocenters. The molecule has 1 saturated carbocycles. The first-order valence-electron chi connectivity index (χ1n) is 6.24. The quantitative estimate of drug-likeness (QED) is 0.784. The Labute approximate surface area is 92.7 Å². The highest BCUT2D eigenvalue weighted by molar-refractivity contribution is 5.09. The van der Waals surface area contributed by atoms with E-state index in [1.807, 2.05) is 0 Å². The van der Waals surface area contributed by atoms with Crippen molar-refractivity contribution in [3.8, 4) is 0 Å². The maximum absolute atomic E-state index is 3.57. The van der Waals surface area contributed by atoms with E-state index in [-0.39, 0.29) is 0 Å². The highest BCUT2D eigenvalue weighted by atomic mass is 14.9. The van der Waals surface area contributed by atoms with Crippen molar-refractivity contribution in [1.82, 2.24) is 9.88 Å². The molecule has 0 aromatic carbocycles. The lowest BCUT2D eigenvalue weighted by atomic mass is 10.1. The zero-order valence-corrected chi connectivity index (χ0v) is 9.71. The number of aromatic nitrogens is 1. The summed E-state index contributed by atoms with van der Waals surface area (Å²) >= 11 is 0. The van der Waals surface area contributed by atoms with Crippen molar-refractivity contribution >= 4 is 0 Å². The normalized spacial score (nSPS) is 17.4. The van der Waals surface area contributed by atoms with Gasteiger partial charge in [0.05, 0.1) is 0 Å². The number of hydrogen-bond donors (Lipinski definition) is 1. The van der Waals surface area contributed by atoms with Gasteiger partial charge < -0.3 is 9.88 Å². The Morgan fingerprint density at radius 1 is 1.40 bits per heavy atom. The van der Waals surface area contributed by atoms with Gasteiger partial charge in [0.2, 0.25) is 0 Å². The van der Waals surface area contributed by atoms with E-state index in [2.05, 4.69) is 35.3 Å². The average molecular weight is 206 g/mol. The largest absolute Gasteiger partial charge is 0.354 e. The van der Waals surface area contributed by atoms with Gasteiger partial charge in [0.15, 0.2) is 0 Å². The van der Waals surface area contributed by atoms with E-state index in [1.54, 1.807) is 0 Å². The molecule has 2 heteroatoms. The second kappa shape index (κ2) is 5.36. The summed E-state index contributed by atoms with van der Waals surface area (Å²) in [7, 11) is 0. The summed E-state index contributed by atoms with van der Waals surface area (Å²) in [5.41, 5.74) is 1.41. The molecule has 2 nitrogen and oxygen atoms in total. The molecular formula is C13H22N2. The van der Waals surface area contributed by atoms with Gasteiger partial charge in [0.1, 0.15) is 0 Å². The summed E-state index contributed by atoms with van der Waals surface area (Å²) in [6, 6.07) is 2.21. The summed E-state index contributed by atoms with van der Waals surface area (Å²) in [6.45, 7) is 5.49. The summed E-state index contributed by atoms with van der Waals surface area (Å²) in [4.78, 5) is 0. The third-order valence-electron chi connectivity index (χ3n) is 3.41. The first-order valence-corrected chi connectivity index (χ1v) is 6.24. The zero-order valence-electron chi connectivity index (χ0n) is 9.71. The standard InChI is InChI=1S/C13H22N2/c1-2-15-8-7-13(11-15)10-14-9-12-5-3-4-6-12/h7-8,11-12,14H,2-6,9-10H2,1H3. The van der Waals surface area contributed by atoms with Crippen LogP contribution in [0, 0.1) is 5.92 Å². The Morgan fingerprint density at radius 2 is 2.20 bits per heavy atom. The molecule has 0 spiro atoms. The number of nitrogens with zero attached hydrogens (tertiary/aromatic N) is 1. The molecule has 1 aromatic heterocycles. The lowest BCUT2D eigenvalue weighted by Crippen LogP contribution is -2.20. The van der Waals surface area contributed by atoms with Crippen molar-refractivity contribution in [3.63, 3.8) is 0 Å². The first-order chi connectivity index (χ1) is 7.38. The molecule has 1 heterocycles. The third kappa shape index (κ3) is 3.10. The molecule has 1 aromatic rings. The van der Waals surface area contributed by atoms with Crippen LogP contribution in [-0.4, -0.2) is 11.1 Å². The lowest BCUT2D eigenvalue weighted by molar-refractivity contribution is 0.489. The van der Waals surface area contributed by atoms with E-state index >= 15 is 0 Å². The van der Waals surface area contributed by atoms with E-state index in [9.17, 15) is 0 Å². The van der Waals surface area contributed by atoms with Gasteiger partial charge in [0, 0.05) is 25.5 Å². The third-order valence-corrected chi connectivity index (χ3v) is 3.41. The predicted octanol–water partition coefficient (Wildman–Crippen LogP) is 2.79. The molecule has 2 rings (SSSR count). The minimum absolute atomic E-state index is 0.943. The van der Waals surface area contributed by atoms with Crippen LogP contribution in [0.15, 0.2) is 18.5 Å². The molecule has 1 aliphatic rings. The van der Waals surface area contributed by atoms with Crippen LogP contribution in [-0.2, 0) is 13.1 Å². The maximum atomic E-state index is 3.57. The first kappa shape index (κ1) is 10.7. The number of rotatable bonds is 5. The van der Waals surface area contributed by atoms with Crippen LogP contribution in [0.4, 0.5) is 0 Å². The summed E-state index contributed by atoms with van der Waals surface area (Å²) in [5.74, 6) is 0.943. The Morgan fingerprint density at radius 3 is 2.87 bits per heavy atom. The fourth-order valence-electron chi connectivity index (χ4n) is 2.43. The fourth-order valence-corrected chi connectivity index (χ4v) is 2.43. The molecule has 1 fully saturated rings. The molecule has 1 aliphatic carbocycles. The molecule has 1 N–H and O–H groups in total. The van der Waals surface area contributed by atoms with Gasteiger partial charge in [-0.05, 0) is 43.9 Å². The number of hydrogen-bond acceptors (Lipinski definition) is 1. The predicted molar refractivity (Wildman–Crippen MR) is 63.8 cm³/mol. The SMILES string of the molecule is CCn1ccc(CNCC2CCCC2)c1. The second-order valence-corrected chi connectivity index (χ2v) is 4.63. The highest BCUT2D eigenvalue weighted by Gasteiger charge is 2.13. The molecule has 0 saturated heterocycles. The minimum Gasteiger partial charge on any atom is -0.354 e. The van der Waals surface area contributed by atoms with E-state index in [1.165, 1.54) is 37.8 Å². The minimum atomic E-state index is 0.943. The van der Waals surface area contributed by atoms with Crippen LogP contribution in [0.3, 0.4) is 0 Å². The molecule has 0 radical (unpaired) electrons. The van der Waals surface area contributed by atoms with E-state index < -0.39 is 0 Å². The zero-order chi connectivity index (χ0) is 10.5. The van der Waals surface area contributed by atoms with Crippen LogP contribution >= 0.6 is 0 Å². The number of aryl methyl sites for hydroxylation is 1. The molecule has 84 valence electrons. The Balaban J connectivity index is 1.68. The van der Waals surface area contributed by atoms with Crippen molar-refractivity contribution in [2.45, 2.75) is 45.7 Å². The van der Waals surface area contributed by atoms with Crippen molar-refractivity contribution < 1.29 is 0 Å². The highest BCUT2D eigenvalue weighted by Crippen LogP contribution is 2.23. The van der Waals surface area contributed by atoms with Crippen molar-refractivity contribution in [2.75, 3.05) is 6.54 Å². The summed E-state index contributed by atoms with van der Waals surface area (Å²) < 4.78 is 2.23. The van der Waals surface area contributed by atoms with E-state index in [0.717, 1.165) is 19.0 Å². The van der Waals surface area contributed by atoms with E-state index in [0.29, 0.717) is 0 Å². The van der Waals surface area contributed by atoms with Crippen LogP contribution in [0.5, 0.6) is 0 Å². The second-order valence-electron chi connectivity index (χ2n) is 4.63. The Bertz CT molecular complexity index is 284.